The SMILES string of the molecule is Cl.Cl.NCC(NC(=O)CCN1CCN(c2ccccn2)CC1)C1CC1. The van der Waals surface area contributed by atoms with E-state index in [-0.39, 0.29) is 36.8 Å². The Morgan fingerprint density at radius 1 is 1.24 bits per heavy atom. The summed E-state index contributed by atoms with van der Waals surface area (Å²) in [6.07, 6.45) is 4.81. The largest absolute Gasteiger partial charge is 0.354 e. The highest BCUT2D eigenvalue weighted by atomic mass is 35.5. The number of carbonyl (C=O) groups excluding carboxylic acids is 1. The van der Waals surface area contributed by atoms with Crippen molar-refractivity contribution < 1.29 is 4.79 Å². The molecule has 1 aliphatic carbocycles. The Bertz CT molecular complexity index is 507. The highest BCUT2D eigenvalue weighted by molar-refractivity contribution is 5.85. The lowest BCUT2D eigenvalue weighted by Gasteiger charge is -2.35. The number of nitrogens with one attached hydrogen (secondary N) is 1. The van der Waals surface area contributed by atoms with Crippen LogP contribution >= 0.6 is 24.8 Å². The molecule has 1 amide bonds. The van der Waals surface area contributed by atoms with E-state index < -0.39 is 0 Å². The van der Waals surface area contributed by atoms with E-state index >= 15 is 0 Å². The first-order valence-corrected chi connectivity index (χ1v) is 8.64. The maximum atomic E-state index is 12.1. The molecule has 8 heteroatoms. The number of aromatic nitrogens is 1. The average Bonchev–Trinajstić information content (AvgIpc) is 3.44. The molecule has 2 aliphatic rings. The molecule has 0 spiro atoms. The van der Waals surface area contributed by atoms with E-state index in [1.807, 2.05) is 24.4 Å². The minimum atomic E-state index is 0. The van der Waals surface area contributed by atoms with Gasteiger partial charge >= 0.3 is 0 Å². The van der Waals surface area contributed by atoms with Crippen molar-refractivity contribution in [3.05, 3.63) is 24.4 Å². The molecule has 1 saturated heterocycles. The van der Waals surface area contributed by atoms with E-state index in [4.69, 9.17) is 5.73 Å². The second-order valence-corrected chi connectivity index (χ2v) is 6.51. The van der Waals surface area contributed by atoms with E-state index in [1.54, 1.807) is 0 Å². The van der Waals surface area contributed by atoms with Crippen LogP contribution in [0.4, 0.5) is 5.82 Å². The molecule has 0 radical (unpaired) electrons. The van der Waals surface area contributed by atoms with Gasteiger partial charge in [-0.15, -0.1) is 24.8 Å². The van der Waals surface area contributed by atoms with E-state index in [1.165, 1.54) is 12.8 Å². The van der Waals surface area contributed by atoms with Gasteiger partial charge < -0.3 is 16.0 Å². The van der Waals surface area contributed by atoms with E-state index in [9.17, 15) is 4.79 Å². The van der Waals surface area contributed by atoms with E-state index in [2.05, 4.69) is 20.1 Å². The third-order valence-electron chi connectivity index (χ3n) is 4.79. The molecule has 0 bridgehead atoms. The topological polar surface area (TPSA) is 74.5 Å². The second-order valence-electron chi connectivity index (χ2n) is 6.51. The van der Waals surface area contributed by atoms with E-state index in [0.717, 1.165) is 38.5 Å². The van der Waals surface area contributed by atoms with E-state index in [0.29, 0.717) is 18.9 Å². The summed E-state index contributed by atoms with van der Waals surface area (Å²) in [5.41, 5.74) is 5.73. The molecular weight excluding hydrogens is 361 g/mol. The van der Waals surface area contributed by atoms with Crippen molar-refractivity contribution >= 4 is 36.5 Å². The molecule has 3 N–H and O–H groups in total. The molecule has 1 aromatic rings. The normalized spacial score (nSPS) is 18.7. The number of amides is 1. The Morgan fingerprint density at radius 2 is 1.96 bits per heavy atom. The summed E-state index contributed by atoms with van der Waals surface area (Å²) in [6.45, 7) is 5.26. The van der Waals surface area contributed by atoms with Gasteiger partial charge in [-0.2, -0.15) is 0 Å². The summed E-state index contributed by atoms with van der Waals surface area (Å²) in [5, 5.41) is 3.09. The Labute approximate surface area is 162 Å². The van der Waals surface area contributed by atoms with Crippen LogP contribution in [0.15, 0.2) is 24.4 Å². The first-order chi connectivity index (χ1) is 11.3. The Kier molecular flexibility index (Phi) is 9.50. The summed E-state index contributed by atoms with van der Waals surface area (Å²) in [6, 6.07) is 6.19. The molecule has 142 valence electrons. The van der Waals surface area contributed by atoms with Gasteiger partial charge in [0.25, 0.3) is 0 Å². The Morgan fingerprint density at radius 3 is 2.52 bits per heavy atom. The second kappa shape index (κ2) is 10.8. The zero-order valence-corrected chi connectivity index (χ0v) is 16.1. The monoisotopic (exact) mass is 389 g/mol. The highest BCUT2D eigenvalue weighted by Crippen LogP contribution is 2.32. The average molecular weight is 390 g/mol. The van der Waals surface area contributed by atoms with Gasteiger partial charge in [-0.3, -0.25) is 9.69 Å². The smallest absolute Gasteiger partial charge is 0.221 e. The Balaban J connectivity index is 0.00000156. The number of piperazine rings is 1. The summed E-state index contributed by atoms with van der Waals surface area (Å²) in [5.74, 6) is 1.80. The maximum Gasteiger partial charge on any atom is 0.221 e. The van der Waals surface area contributed by atoms with Crippen molar-refractivity contribution in [3.63, 3.8) is 0 Å². The van der Waals surface area contributed by atoms with Crippen LogP contribution in [-0.4, -0.2) is 61.1 Å². The number of anilines is 1. The van der Waals surface area contributed by atoms with Crippen LogP contribution in [0.3, 0.4) is 0 Å². The van der Waals surface area contributed by atoms with Crippen LogP contribution < -0.4 is 16.0 Å². The van der Waals surface area contributed by atoms with Crippen LogP contribution in [0.5, 0.6) is 0 Å². The van der Waals surface area contributed by atoms with Crippen LogP contribution in [0.2, 0.25) is 0 Å². The molecule has 1 saturated carbocycles. The maximum absolute atomic E-state index is 12.1. The standard InChI is InChI=1S/C17H27N5O.2ClH/c18-13-15(14-4-5-14)20-17(23)6-8-21-9-11-22(12-10-21)16-3-1-2-7-19-16;;/h1-3,7,14-15H,4-6,8-13,18H2,(H,20,23);2*1H. The fourth-order valence-electron chi connectivity index (χ4n) is 3.15. The third kappa shape index (κ3) is 6.62. The van der Waals surface area contributed by atoms with Gasteiger partial charge in [0.05, 0.1) is 0 Å². The molecule has 25 heavy (non-hydrogen) atoms. The van der Waals surface area contributed by atoms with Crippen LogP contribution in [-0.2, 0) is 4.79 Å². The van der Waals surface area contributed by atoms with Crippen LogP contribution in [0, 0.1) is 5.92 Å². The zero-order valence-electron chi connectivity index (χ0n) is 14.5. The summed E-state index contributed by atoms with van der Waals surface area (Å²) < 4.78 is 0. The van der Waals surface area contributed by atoms with Crippen molar-refractivity contribution in [1.82, 2.24) is 15.2 Å². The molecule has 1 aliphatic heterocycles. The predicted octanol–water partition coefficient (Wildman–Crippen LogP) is 1.29. The molecule has 2 fully saturated rings. The molecule has 3 rings (SSSR count). The lowest BCUT2D eigenvalue weighted by atomic mass is 10.2. The van der Waals surface area contributed by atoms with Crippen molar-refractivity contribution in [2.45, 2.75) is 25.3 Å². The molecule has 1 aromatic heterocycles. The van der Waals surface area contributed by atoms with Crippen LogP contribution in [0.1, 0.15) is 19.3 Å². The van der Waals surface area contributed by atoms with Gasteiger partial charge in [0.15, 0.2) is 0 Å². The summed E-state index contributed by atoms with van der Waals surface area (Å²) in [4.78, 5) is 21.1. The van der Waals surface area contributed by atoms with Gasteiger partial charge in [0, 0.05) is 57.9 Å². The number of halogens is 2. The lowest BCUT2D eigenvalue weighted by Crippen LogP contribution is -2.48. The number of rotatable bonds is 7. The van der Waals surface area contributed by atoms with Crippen molar-refractivity contribution in [3.8, 4) is 0 Å². The van der Waals surface area contributed by atoms with Gasteiger partial charge in [-0.1, -0.05) is 6.07 Å². The minimum absolute atomic E-state index is 0. The first kappa shape index (κ1) is 22.0. The Hall–Kier alpha value is -1.08. The van der Waals surface area contributed by atoms with Gasteiger partial charge in [0.2, 0.25) is 5.91 Å². The quantitative estimate of drug-likeness (QED) is 0.734. The van der Waals surface area contributed by atoms with Crippen molar-refractivity contribution in [1.29, 1.82) is 0 Å². The molecular formula is C17H29Cl2N5O. The number of nitrogens with two attached hydrogens (primary N) is 1. The van der Waals surface area contributed by atoms with Crippen molar-refractivity contribution in [2.24, 2.45) is 11.7 Å². The number of nitrogens with zero attached hydrogens (tertiary/aromatic N) is 3. The van der Waals surface area contributed by atoms with Gasteiger partial charge in [-0.05, 0) is 30.9 Å². The van der Waals surface area contributed by atoms with Gasteiger partial charge in [-0.25, -0.2) is 4.98 Å². The number of hydrogen-bond donors (Lipinski definition) is 2. The zero-order chi connectivity index (χ0) is 16.1. The fourth-order valence-corrected chi connectivity index (χ4v) is 3.15. The van der Waals surface area contributed by atoms with Crippen molar-refractivity contribution in [2.75, 3.05) is 44.2 Å². The minimum Gasteiger partial charge on any atom is -0.354 e. The third-order valence-corrected chi connectivity index (χ3v) is 4.79. The van der Waals surface area contributed by atoms with Gasteiger partial charge in [0.1, 0.15) is 5.82 Å². The van der Waals surface area contributed by atoms with Crippen LogP contribution in [0.25, 0.3) is 0 Å². The number of hydrogen-bond acceptors (Lipinski definition) is 5. The lowest BCUT2D eigenvalue weighted by molar-refractivity contribution is -0.122. The summed E-state index contributed by atoms with van der Waals surface area (Å²) >= 11 is 0. The molecule has 1 unspecified atom stereocenters. The summed E-state index contributed by atoms with van der Waals surface area (Å²) in [7, 11) is 0. The number of carbonyl (C=O) groups is 1. The molecule has 0 aromatic carbocycles. The highest BCUT2D eigenvalue weighted by Gasteiger charge is 2.31. The molecule has 1 atom stereocenters. The number of pyridine rings is 1. The molecule has 2 heterocycles. The predicted molar refractivity (Wildman–Crippen MR) is 106 cm³/mol. The fraction of sp³-hybridized carbons (Fsp3) is 0.647. The molecule has 6 nitrogen and oxygen atoms in total. The first-order valence-electron chi connectivity index (χ1n) is 8.64.